The Hall–Kier alpha value is -2.60. The molecule has 25 heavy (non-hydrogen) atoms. The van der Waals surface area contributed by atoms with Crippen molar-refractivity contribution in [2.24, 2.45) is 0 Å². The second-order valence-corrected chi connectivity index (χ2v) is 6.34. The number of nitrogens with zero attached hydrogens (tertiary/aromatic N) is 4. The van der Waals surface area contributed by atoms with Crippen LogP contribution in [-0.4, -0.2) is 27.3 Å². The minimum Gasteiger partial charge on any atom is -0.495 e. The number of halogens is 1. The van der Waals surface area contributed by atoms with Gasteiger partial charge in [-0.2, -0.15) is 4.68 Å². The van der Waals surface area contributed by atoms with Gasteiger partial charge in [0, 0.05) is 5.02 Å². The van der Waals surface area contributed by atoms with Gasteiger partial charge in [-0.25, -0.2) is 0 Å². The summed E-state index contributed by atoms with van der Waals surface area (Å²) < 4.78 is 7.17. The average Bonchev–Trinajstić information content (AvgIpc) is 3.13. The first-order chi connectivity index (χ1) is 12.1. The Labute approximate surface area is 151 Å². The summed E-state index contributed by atoms with van der Waals surface area (Å²) in [7, 11) is 1.65. The standard InChI is InChI=1S/C18H20ClN5O/c1-4-18(2,20-15-7-5-6-8-16(15)25-3)17-21-22-23-24(17)14-11-9-13(19)10-12-14/h5-12,20H,4H2,1-3H3/t18-/m0/s1. The van der Waals surface area contributed by atoms with Crippen molar-refractivity contribution in [3.63, 3.8) is 0 Å². The fourth-order valence-electron chi connectivity index (χ4n) is 2.63. The number of tetrazole rings is 1. The summed E-state index contributed by atoms with van der Waals surface area (Å²) in [6.07, 6.45) is 0.777. The van der Waals surface area contributed by atoms with Gasteiger partial charge in [0.25, 0.3) is 0 Å². The first-order valence-corrected chi connectivity index (χ1v) is 8.41. The van der Waals surface area contributed by atoms with Crippen molar-refractivity contribution in [1.82, 2.24) is 20.2 Å². The lowest BCUT2D eigenvalue weighted by molar-refractivity contribution is 0.411. The summed E-state index contributed by atoms with van der Waals surface area (Å²) in [5, 5.41) is 16.5. The molecule has 3 rings (SSSR count). The van der Waals surface area contributed by atoms with Gasteiger partial charge in [0.1, 0.15) is 5.75 Å². The second-order valence-electron chi connectivity index (χ2n) is 5.90. The Kier molecular flexibility index (Phi) is 4.90. The van der Waals surface area contributed by atoms with E-state index < -0.39 is 5.54 Å². The maximum atomic E-state index is 5.98. The van der Waals surface area contributed by atoms with Crippen LogP contribution in [0.3, 0.4) is 0 Å². The maximum Gasteiger partial charge on any atom is 0.181 e. The lowest BCUT2D eigenvalue weighted by Crippen LogP contribution is -2.34. The van der Waals surface area contributed by atoms with Crippen LogP contribution in [0.25, 0.3) is 5.69 Å². The molecule has 3 aromatic rings. The van der Waals surface area contributed by atoms with Gasteiger partial charge in [-0.15, -0.1) is 5.10 Å². The van der Waals surface area contributed by atoms with Crippen LogP contribution < -0.4 is 10.1 Å². The topological polar surface area (TPSA) is 64.9 Å². The van der Waals surface area contributed by atoms with Gasteiger partial charge in [-0.05, 0) is 60.2 Å². The average molecular weight is 358 g/mol. The molecule has 0 spiro atoms. The lowest BCUT2D eigenvalue weighted by atomic mass is 9.96. The molecule has 7 heteroatoms. The molecule has 6 nitrogen and oxygen atoms in total. The van der Waals surface area contributed by atoms with Crippen LogP contribution in [0.1, 0.15) is 26.1 Å². The van der Waals surface area contributed by atoms with E-state index in [0.29, 0.717) is 10.8 Å². The van der Waals surface area contributed by atoms with Gasteiger partial charge in [-0.1, -0.05) is 30.7 Å². The molecule has 0 saturated carbocycles. The molecule has 0 aliphatic carbocycles. The molecule has 2 aromatic carbocycles. The summed E-state index contributed by atoms with van der Waals surface area (Å²) in [6.45, 7) is 4.15. The zero-order chi connectivity index (χ0) is 17.9. The second kappa shape index (κ2) is 7.11. The molecule has 0 bridgehead atoms. The van der Waals surface area contributed by atoms with E-state index in [0.717, 1.165) is 23.5 Å². The number of hydrogen-bond donors (Lipinski definition) is 1. The van der Waals surface area contributed by atoms with Crippen LogP contribution in [0.4, 0.5) is 5.69 Å². The largest absolute Gasteiger partial charge is 0.495 e. The summed E-state index contributed by atoms with van der Waals surface area (Å²) in [6, 6.07) is 15.2. The smallest absolute Gasteiger partial charge is 0.181 e. The van der Waals surface area contributed by atoms with Gasteiger partial charge in [-0.3, -0.25) is 0 Å². The van der Waals surface area contributed by atoms with Gasteiger partial charge in [0.2, 0.25) is 0 Å². The lowest BCUT2D eigenvalue weighted by Gasteiger charge is -2.30. The van der Waals surface area contributed by atoms with Gasteiger partial charge in [0.15, 0.2) is 5.82 Å². The molecular weight excluding hydrogens is 338 g/mol. The highest BCUT2D eigenvalue weighted by Crippen LogP contribution is 2.33. The van der Waals surface area contributed by atoms with Crippen molar-refractivity contribution in [1.29, 1.82) is 0 Å². The first kappa shape index (κ1) is 17.2. The van der Waals surface area contributed by atoms with E-state index in [2.05, 4.69) is 34.7 Å². The van der Waals surface area contributed by atoms with Crippen molar-refractivity contribution in [2.75, 3.05) is 12.4 Å². The van der Waals surface area contributed by atoms with Crippen LogP contribution in [-0.2, 0) is 5.54 Å². The highest BCUT2D eigenvalue weighted by Gasteiger charge is 2.32. The van der Waals surface area contributed by atoms with Crippen LogP contribution >= 0.6 is 11.6 Å². The molecular formula is C18H20ClN5O. The first-order valence-electron chi connectivity index (χ1n) is 8.03. The number of anilines is 1. The summed E-state index contributed by atoms with van der Waals surface area (Å²) in [4.78, 5) is 0. The predicted molar refractivity (Wildman–Crippen MR) is 98.4 cm³/mol. The minimum absolute atomic E-state index is 0.488. The van der Waals surface area contributed by atoms with Gasteiger partial charge in [0.05, 0.1) is 24.0 Å². The Morgan fingerprint density at radius 2 is 1.88 bits per heavy atom. The van der Waals surface area contributed by atoms with E-state index in [1.54, 1.807) is 11.8 Å². The molecule has 1 heterocycles. The third kappa shape index (κ3) is 3.44. The molecule has 1 atom stereocenters. The minimum atomic E-state index is -0.488. The van der Waals surface area contributed by atoms with E-state index in [1.807, 2.05) is 48.5 Å². The molecule has 0 saturated heterocycles. The molecule has 130 valence electrons. The van der Waals surface area contributed by atoms with Crippen molar-refractivity contribution in [3.8, 4) is 11.4 Å². The van der Waals surface area contributed by atoms with Crippen molar-refractivity contribution >= 4 is 17.3 Å². The maximum absolute atomic E-state index is 5.98. The van der Waals surface area contributed by atoms with E-state index in [4.69, 9.17) is 16.3 Å². The number of aromatic nitrogens is 4. The molecule has 0 amide bonds. The van der Waals surface area contributed by atoms with E-state index in [1.165, 1.54) is 0 Å². The summed E-state index contributed by atoms with van der Waals surface area (Å²) >= 11 is 5.98. The third-order valence-corrected chi connectivity index (χ3v) is 4.51. The van der Waals surface area contributed by atoms with Crippen LogP contribution in [0.5, 0.6) is 5.75 Å². The van der Waals surface area contributed by atoms with E-state index in [9.17, 15) is 0 Å². The molecule has 1 N–H and O–H groups in total. The number of ether oxygens (including phenoxy) is 1. The van der Waals surface area contributed by atoms with E-state index in [-0.39, 0.29) is 0 Å². The van der Waals surface area contributed by atoms with Crippen LogP contribution in [0.2, 0.25) is 5.02 Å². The number of hydrogen-bond acceptors (Lipinski definition) is 5. The zero-order valence-corrected chi connectivity index (χ0v) is 15.2. The molecule has 0 fully saturated rings. The molecule has 0 radical (unpaired) electrons. The fourth-order valence-corrected chi connectivity index (χ4v) is 2.76. The van der Waals surface area contributed by atoms with E-state index >= 15 is 0 Å². The van der Waals surface area contributed by atoms with Crippen LogP contribution in [0.15, 0.2) is 48.5 Å². The number of para-hydroxylation sites is 2. The van der Waals surface area contributed by atoms with Gasteiger partial charge < -0.3 is 10.1 Å². The Bertz CT molecular complexity index is 849. The number of methoxy groups -OCH3 is 1. The number of rotatable bonds is 6. The molecule has 0 unspecified atom stereocenters. The van der Waals surface area contributed by atoms with Crippen molar-refractivity contribution in [3.05, 3.63) is 59.4 Å². The molecule has 1 aromatic heterocycles. The number of nitrogens with one attached hydrogen (secondary N) is 1. The normalized spacial score (nSPS) is 13.3. The SMILES string of the molecule is CC[C@](C)(Nc1ccccc1OC)c1nnnn1-c1ccc(Cl)cc1. The highest BCUT2D eigenvalue weighted by atomic mass is 35.5. The van der Waals surface area contributed by atoms with Crippen LogP contribution in [0, 0.1) is 0 Å². The Morgan fingerprint density at radius 3 is 2.56 bits per heavy atom. The monoisotopic (exact) mass is 357 g/mol. The Balaban J connectivity index is 2.01. The highest BCUT2D eigenvalue weighted by molar-refractivity contribution is 6.30. The quantitative estimate of drug-likeness (QED) is 0.720. The summed E-state index contributed by atoms with van der Waals surface area (Å²) in [5.74, 6) is 1.48. The van der Waals surface area contributed by atoms with Crippen molar-refractivity contribution in [2.45, 2.75) is 25.8 Å². The third-order valence-electron chi connectivity index (χ3n) is 4.26. The molecule has 0 aliphatic heterocycles. The molecule has 0 aliphatic rings. The predicted octanol–water partition coefficient (Wildman–Crippen LogP) is 4.06. The fraction of sp³-hybridized carbons (Fsp3) is 0.278. The Morgan fingerprint density at radius 1 is 1.16 bits per heavy atom. The van der Waals surface area contributed by atoms with Gasteiger partial charge >= 0.3 is 0 Å². The number of benzene rings is 2. The van der Waals surface area contributed by atoms with Crippen molar-refractivity contribution < 1.29 is 4.74 Å². The zero-order valence-electron chi connectivity index (χ0n) is 14.4. The summed E-state index contributed by atoms with van der Waals surface area (Å²) in [5.41, 5.74) is 1.25.